The molecule has 1 N–H and O–H groups in total. The summed E-state index contributed by atoms with van der Waals surface area (Å²) < 4.78 is 5.93. The Bertz CT molecular complexity index is 820. The molecule has 0 unspecified atom stereocenters. The van der Waals surface area contributed by atoms with Gasteiger partial charge in [-0.2, -0.15) is 0 Å². The molecule has 4 rings (SSSR count). The number of rotatable bonds is 4. The summed E-state index contributed by atoms with van der Waals surface area (Å²) in [5.74, 6) is 0.109. The Hall–Kier alpha value is -2.67. The zero-order chi connectivity index (χ0) is 18.8. The summed E-state index contributed by atoms with van der Waals surface area (Å²) in [5.41, 5.74) is 2.77. The van der Waals surface area contributed by atoms with Gasteiger partial charge in [-0.15, -0.1) is 0 Å². The fourth-order valence-electron chi connectivity index (χ4n) is 3.86. The third kappa shape index (κ3) is 3.73. The van der Waals surface area contributed by atoms with Gasteiger partial charge in [0.2, 0.25) is 11.8 Å². The number of benzene rings is 1. The summed E-state index contributed by atoms with van der Waals surface area (Å²) in [4.78, 5) is 36.3. The van der Waals surface area contributed by atoms with E-state index in [4.69, 9.17) is 4.74 Å². The van der Waals surface area contributed by atoms with Crippen LogP contribution in [0.25, 0.3) is 0 Å². The maximum atomic E-state index is 12.8. The first-order chi connectivity index (χ1) is 13.1. The lowest BCUT2D eigenvalue weighted by atomic mass is 10.1. The fourth-order valence-corrected chi connectivity index (χ4v) is 3.86. The minimum absolute atomic E-state index is 0.0222. The Kier molecular flexibility index (Phi) is 4.94. The fraction of sp³-hybridized carbons (Fsp3) is 0.450. The summed E-state index contributed by atoms with van der Waals surface area (Å²) in [6.45, 7) is 3.89. The zero-order valence-electron chi connectivity index (χ0n) is 15.4. The molecule has 7 nitrogen and oxygen atoms in total. The Morgan fingerprint density at radius 1 is 1.30 bits per heavy atom. The van der Waals surface area contributed by atoms with Gasteiger partial charge in [-0.05, 0) is 12.5 Å². The molecule has 142 valence electrons. The van der Waals surface area contributed by atoms with Crippen LogP contribution in [0.2, 0.25) is 0 Å². The second-order valence-electron chi connectivity index (χ2n) is 7.18. The van der Waals surface area contributed by atoms with Crippen molar-refractivity contribution in [2.75, 3.05) is 19.7 Å². The maximum absolute atomic E-state index is 12.8. The predicted octanol–water partition coefficient (Wildman–Crippen LogP) is 1.29. The minimum atomic E-state index is -0.135. The van der Waals surface area contributed by atoms with E-state index in [2.05, 4.69) is 9.97 Å². The number of nitrogens with one attached hydrogen (secondary N) is 1. The van der Waals surface area contributed by atoms with E-state index in [0.29, 0.717) is 32.7 Å². The number of amides is 2. The molecule has 2 aliphatic heterocycles. The number of nitrogens with zero attached hydrogens (tertiary/aromatic N) is 3. The molecular formula is C20H24N4O3. The number of aromatic nitrogens is 2. The van der Waals surface area contributed by atoms with Crippen molar-refractivity contribution >= 4 is 11.8 Å². The first kappa shape index (κ1) is 17.7. The van der Waals surface area contributed by atoms with E-state index in [9.17, 15) is 9.59 Å². The van der Waals surface area contributed by atoms with Gasteiger partial charge in [0.05, 0.1) is 43.6 Å². The van der Waals surface area contributed by atoms with Crippen LogP contribution >= 0.6 is 0 Å². The average Bonchev–Trinajstić information content (AvgIpc) is 3.24. The van der Waals surface area contributed by atoms with E-state index < -0.39 is 0 Å². The Labute approximate surface area is 158 Å². The normalized spacial score (nSPS) is 22.6. The monoisotopic (exact) mass is 368 g/mol. The van der Waals surface area contributed by atoms with Gasteiger partial charge in [0.1, 0.15) is 0 Å². The highest BCUT2D eigenvalue weighted by Crippen LogP contribution is 2.25. The average molecular weight is 368 g/mol. The summed E-state index contributed by atoms with van der Waals surface area (Å²) in [7, 11) is 0. The second kappa shape index (κ2) is 7.52. The maximum Gasteiger partial charge on any atom is 0.228 e. The number of carbonyl (C=O) groups is 2. The highest BCUT2D eigenvalue weighted by atomic mass is 16.5. The van der Waals surface area contributed by atoms with E-state index in [0.717, 1.165) is 17.0 Å². The lowest BCUT2D eigenvalue weighted by Gasteiger charge is -2.29. The number of likely N-dealkylation sites (tertiary alicyclic amines) is 1. The second-order valence-corrected chi connectivity index (χ2v) is 7.18. The highest BCUT2D eigenvalue weighted by molar-refractivity contribution is 5.80. The van der Waals surface area contributed by atoms with Crippen molar-refractivity contribution in [1.29, 1.82) is 0 Å². The Balaban J connectivity index is 1.49. The topological polar surface area (TPSA) is 78.5 Å². The number of hydrogen-bond acceptors (Lipinski definition) is 4. The first-order valence-corrected chi connectivity index (χ1v) is 9.33. The van der Waals surface area contributed by atoms with Crippen LogP contribution < -0.4 is 0 Å². The number of carbonyl (C=O) groups excluding carboxylic acids is 2. The highest BCUT2D eigenvalue weighted by Gasteiger charge is 2.42. The van der Waals surface area contributed by atoms with Crippen LogP contribution in [-0.4, -0.2) is 63.4 Å². The molecular weight excluding hydrogens is 344 g/mol. The molecule has 27 heavy (non-hydrogen) atoms. The first-order valence-electron chi connectivity index (χ1n) is 9.33. The van der Waals surface area contributed by atoms with Crippen molar-refractivity contribution in [3.8, 4) is 0 Å². The molecule has 3 heterocycles. The van der Waals surface area contributed by atoms with Crippen molar-refractivity contribution in [3.05, 3.63) is 53.6 Å². The molecule has 2 saturated heterocycles. The molecule has 2 amide bonds. The summed E-state index contributed by atoms with van der Waals surface area (Å²) in [6, 6.07) is 9.85. The van der Waals surface area contributed by atoms with E-state index in [1.165, 1.54) is 0 Å². The Morgan fingerprint density at radius 3 is 2.85 bits per heavy atom. The van der Waals surface area contributed by atoms with Gasteiger partial charge in [-0.25, -0.2) is 4.98 Å². The van der Waals surface area contributed by atoms with Crippen LogP contribution in [0, 0.1) is 6.92 Å². The largest absolute Gasteiger partial charge is 0.374 e. The van der Waals surface area contributed by atoms with Crippen LogP contribution in [0.5, 0.6) is 0 Å². The molecule has 0 aliphatic carbocycles. The molecule has 0 saturated carbocycles. The van der Waals surface area contributed by atoms with Crippen molar-refractivity contribution in [1.82, 2.24) is 19.8 Å². The molecule has 0 bridgehead atoms. The van der Waals surface area contributed by atoms with E-state index >= 15 is 0 Å². The molecule has 1 aromatic carbocycles. The van der Waals surface area contributed by atoms with Gasteiger partial charge in [-0.1, -0.05) is 30.3 Å². The van der Waals surface area contributed by atoms with Gasteiger partial charge in [0.25, 0.3) is 0 Å². The Morgan fingerprint density at radius 2 is 2.11 bits per heavy atom. The van der Waals surface area contributed by atoms with Gasteiger partial charge in [0, 0.05) is 25.3 Å². The van der Waals surface area contributed by atoms with Crippen molar-refractivity contribution in [2.45, 2.75) is 38.5 Å². The van der Waals surface area contributed by atoms with Crippen molar-refractivity contribution in [2.24, 2.45) is 0 Å². The summed E-state index contributed by atoms with van der Waals surface area (Å²) in [6.07, 6.45) is 2.13. The summed E-state index contributed by atoms with van der Waals surface area (Å²) in [5, 5.41) is 0. The number of aromatic amines is 1. The van der Waals surface area contributed by atoms with Crippen LogP contribution in [-0.2, 0) is 27.3 Å². The van der Waals surface area contributed by atoms with E-state index in [1.54, 1.807) is 11.2 Å². The smallest absolute Gasteiger partial charge is 0.228 e. The van der Waals surface area contributed by atoms with Crippen LogP contribution in [0.15, 0.2) is 36.7 Å². The third-order valence-corrected chi connectivity index (χ3v) is 5.41. The molecule has 1 aromatic heterocycles. The molecule has 2 aliphatic rings. The number of fused-ring (bicyclic) bond motifs is 1. The predicted molar refractivity (Wildman–Crippen MR) is 98.7 cm³/mol. The standard InChI is InChI=1S/C20H24N4O3/c1-14-16(22-13-21-14)9-20(26)23-11-17-18(12-23)27-8-7-19(25)24(17)10-15-5-3-2-4-6-15/h2-6,13,17-18H,7-12H2,1H3,(H,21,22)/t17-,18-/m0/s1. The number of hydrogen-bond donors (Lipinski definition) is 1. The van der Waals surface area contributed by atoms with Gasteiger partial charge < -0.3 is 19.5 Å². The third-order valence-electron chi connectivity index (χ3n) is 5.41. The van der Waals surface area contributed by atoms with Crippen LogP contribution in [0.3, 0.4) is 0 Å². The lowest BCUT2D eigenvalue weighted by Crippen LogP contribution is -2.45. The number of ether oxygens (including phenoxy) is 1. The molecule has 0 radical (unpaired) electrons. The van der Waals surface area contributed by atoms with E-state index in [1.807, 2.05) is 42.2 Å². The van der Waals surface area contributed by atoms with Gasteiger partial charge >= 0.3 is 0 Å². The van der Waals surface area contributed by atoms with Crippen molar-refractivity contribution < 1.29 is 14.3 Å². The van der Waals surface area contributed by atoms with Crippen LogP contribution in [0.4, 0.5) is 0 Å². The molecule has 2 fully saturated rings. The molecule has 2 atom stereocenters. The zero-order valence-corrected chi connectivity index (χ0v) is 15.4. The summed E-state index contributed by atoms with van der Waals surface area (Å²) >= 11 is 0. The number of H-pyrrole nitrogens is 1. The quantitative estimate of drug-likeness (QED) is 0.882. The molecule has 2 aromatic rings. The van der Waals surface area contributed by atoms with E-state index in [-0.39, 0.29) is 30.4 Å². The van der Waals surface area contributed by atoms with Gasteiger partial charge in [-0.3, -0.25) is 9.59 Å². The number of imidazole rings is 1. The van der Waals surface area contributed by atoms with Crippen LogP contribution in [0.1, 0.15) is 23.4 Å². The molecule has 0 spiro atoms. The van der Waals surface area contributed by atoms with Gasteiger partial charge in [0.15, 0.2) is 0 Å². The minimum Gasteiger partial charge on any atom is -0.374 e. The SMILES string of the molecule is Cc1[nH]cnc1CC(=O)N1C[C@@H]2OCCC(=O)N(Cc3ccccc3)[C@H]2C1. The molecule has 7 heteroatoms. The van der Waals surface area contributed by atoms with Crippen molar-refractivity contribution in [3.63, 3.8) is 0 Å². The number of aryl methyl sites for hydroxylation is 1. The lowest BCUT2D eigenvalue weighted by molar-refractivity contribution is -0.135.